The summed E-state index contributed by atoms with van der Waals surface area (Å²) in [6, 6.07) is 6.71. The number of hydrogen-bond donors (Lipinski definition) is 1. The standard InChI is InChI=1S/C24H31N3O2/c1-4-6-22-20(15-17-9-10-17)19-7-5-8-21(24(19)29-22)25-18-11-13-27(14-12-18)23(28)16-26(2)3/h5,7-8,17-18,25H,9-16H2,1-3H3. The number of para-hydroxylation sites is 1. The van der Waals surface area contributed by atoms with Crippen molar-refractivity contribution in [1.29, 1.82) is 0 Å². The van der Waals surface area contributed by atoms with Crippen molar-refractivity contribution in [3.05, 3.63) is 29.5 Å². The van der Waals surface area contributed by atoms with Crippen molar-refractivity contribution in [2.45, 2.75) is 45.1 Å². The summed E-state index contributed by atoms with van der Waals surface area (Å²) < 4.78 is 6.24. The average molecular weight is 394 g/mol. The lowest BCUT2D eigenvalue weighted by atomic mass is 10.0. The molecule has 1 aliphatic carbocycles. The number of furan rings is 1. The second-order valence-corrected chi connectivity index (χ2v) is 8.65. The van der Waals surface area contributed by atoms with E-state index in [4.69, 9.17) is 4.42 Å². The van der Waals surface area contributed by atoms with E-state index in [1.807, 2.05) is 30.8 Å². The third-order valence-corrected chi connectivity index (χ3v) is 5.91. The predicted molar refractivity (Wildman–Crippen MR) is 117 cm³/mol. The number of amides is 1. The molecule has 29 heavy (non-hydrogen) atoms. The molecule has 2 heterocycles. The molecule has 0 spiro atoms. The number of nitrogens with one attached hydrogen (secondary N) is 1. The molecular formula is C24H31N3O2. The molecule has 1 saturated carbocycles. The van der Waals surface area contributed by atoms with Gasteiger partial charge in [-0.25, -0.2) is 0 Å². The van der Waals surface area contributed by atoms with Crippen LogP contribution in [0.2, 0.25) is 0 Å². The highest BCUT2D eigenvalue weighted by Crippen LogP contribution is 2.39. The van der Waals surface area contributed by atoms with Crippen LogP contribution in [0.5, 0.6) is 0 Å². The number of anilines is 1. The summed E-state index contributed by atoms with van der Waals surface area (Å²) in [5, 5.41) is 4.88. The van der Waals surface area contributed by atoms with E-state index in [0.717, 1.165) is 55.3 Å². The zero-order valence-corrected chi connectivity index (χ0v) is 17.8. The maximum Gasteiger partial charge on any atom is 0.236 e. The lowest BCUT2D eigenvalue weighted by Crippen LogP contribution is -2.45. The molecule has 0 bridgehead atoms. The van der Waals surface area contributed by atoms with Crippen LogP contribution in [-0.2, 0) is 11.2 Å². The van der Waals surface area contributed by atoms with Gasteiger partial charge in [-0.05, 0) is 71.0 Å². The van der Waals surface area contributed by atoms with Gasteiger partial charge < -0.3 is 19.5 Å². The lowest BCUT2D eigenvalue weighted by Gasteiger charge is -2.33. The van der Waals surface area contributed by atoms with E-state index in [0.29, 0.717) is 12.6 Å². The Hall–Kier alpha value is -2.45. The molecule has 0 radical (unpaired) electrons. The van der Waals surface area contributed by atoms with Crippen molar-refractivity contribution < 1.29 is 9.21 Å². The minimum absolute atomic E-state index is 0.217. The molecule has 2 aliphatic rings. The molecule has 1 aromatic heterocycles. The second-order valence-electron chi connectivity index (χ2n) is 8.65. The van der Waals surface area contributed by atoms with E-state index in [-0.39, 0.29) is 5.91 Å². The normalized spacial score (nSPS) is 17.4. The van der Waals surface area contributed by atoms with Crippen molar-refractivity contribution in [3.8, 4) is 11.8 Å². The first-order valence-corrected chi connectivity index (χ1v) is 10.7. The van der Waals surface area contributed by atoms with Crippen LogP contribution >= 0.6 is 0 Å². The second kappa shape index (κ2) is 8.51. The van der Waals surface area contributed by atoms with Gasteiger partial charge in [0.1, 0.15) is 0 Å². The molecule has 5 nitrogen and oxygen atoms in total. The van der Waals surface area contributed by atoms with E-state index in [9.17, 15) is 4.79 Å². The Morgan fingerprint density at radius 1 is 1.24 bits per heavy atom. The minimum atomic E-state index is 0.217. The lowest BCUT2D eigenvalue weighted by molar-refractivity contribution is -0.132. The van der Waals surface area contributed by atoms with Crippen LogP contribution in [0.4, 0.5) is 5.69 Å². The summed E-state index contributed by atoms with van der Waals surface area (Å²) in [7, 11) is 3.87. The smallest absolute Gasteiger partial charge is 0.236 e. The third kappa shape index (κ3) is 4.59. The molecule has 2 aromatic rings. The first-order valence-electron chi connectivity index (χ1n) is 10.7. The molecule has 2 fully saturated rings. The number of piperidine rings is 1. The van der Waals surface area contributed by atoms with Crippen molar-refractivity contribution in [2.24, 2.45) is 5.92 Å². The molecule has 4 rings (SSSR count). The van der Waals surface area contributed by atoms with Gasteiger partial charge in [-0.2, -0.15) is 0 Å². The molecule has 0 unspecified atom stereocenters. The molecule has 0 atom stereocenters. The zero-order valence-electron chi connectivity index (χ0n) is 17.8. The number of hydrogen-bond acceptors (Lipinski definition) is 4. The molecule has 1 N–H and O–H groups in total. The Kier molecular flexibility index (Phi) is 5.82. The van der Waals surface area contributed by atoms with Crippen LogP contribution in [0.25, 0.3) is 11.0 Å². The highest BCUT2D eigenvalue weighted by atomic mass is 16.3. The predicted octanol–water partition coefficient (Wildman–Crippen LogP) is 3.72. The van der Waals surface area contributed by atoms with E-state index < -0.39 is 0 Å². The molecule has 5 heteroatoms. The van der Waals surface area contributed by atoms with Crippen molar-refractivity contribution in [3.63, 3.8) is 0 Å². The fourth-order valence-corrected chi connectivity index (χ4v) is 4.18. The summed E-state index contributed by atoms with van der Waals surface area (Å²) in [6.07, 6.45) is 5.59. The number of rotatable bonds is 6. The van der Waals surface area contributed by atoms with Gasteiger partial charge in [-0.1, -0.05) is 18.1 Å². The van der Waals surface area contributed by atoms with Gasteiger partial charge in [-0.3, -0.25) is 4.79 Å². The molecule has 1 aromatic carbocycles. The topological polar surface area (TPSA) is 48.7 Å². The summed E-state index contributed by atoms with van der Waals surface area (Å²) >= 11 is 0. The SMILES string of the molecule is CC#Cc1oc2c(NC3CCN(C(=O)CN(C)C)CC3)cccc2c1CC1CC1. The average Bonchev–Trinajstić information content (AvgIpc) is 3.45. The van der Waals surface area contributed by atoms with Crippen molar-refractivity contribution >= 4 is 22.6 Å². The summed E-state index contributed by atoms with van der Waals surface area (Å²) in [5.41, 5.74) is 3.23. The summed E-state index contributed by atoms with van der Waals surface area (Å²) in [5.74, 6) is 8.00. The number of likely N-dealkylation sites (N-methyl/N-ethyl adjacent to an activating group) is 1. The van der Waals surface area contributed by atoms with Crippen LogP contribution in [0, 0.1) is 17.8 Å². The number of benzene rings is 1. The number of carbonyl (C=O) groups excluding carboxylic acids is 1. The van der Waals surface area contributed by atoms with Crippen molar-refractivity contribution in [1.82, 2.24) is 9.80 Å². The summed E-state index contributed by atoms with van der Waals surface area (Å²) in [6.45, 7) is 3.95. The third-order valence-electron chi connectivity index (χ3n) is 5.91. The Morgan fingerprint density at radius 2 is 2.00 bits per heavy atom. The van der Waals surface area contributed by atoms with Crippen LogP contribution in [-0.4, -0.2) is 55.5 Å². The monoisotopic (exact) mass is 393 g/mol. The van der Waals surface area contributed by atoms with E-state index >= 15 is 0 Å². The highest BCUT2D eigenvalue weighted by Gasteiger charge is 2.27. The van der Waals surface area contributed by atoms with Gasteiger partial charge in [0.2, 0.25) is 5.91 Å². The van der Waals surface area contributed by atoms with E-state index in [1.54, 1.807) is 0 Å². The maximum atomic E-state index is 12.3. The number of carbonyl (C=O) groups is 1. The Morgan fingerprint density at radius 3 is 2.66 bits per heavy atom. The van der Waals surface area contributed by atoms with Crippen LogP contribution < -0.4 is 5.32 Å². The summed E-state index contributed by atoms with van der Waals surface area (Å²) in [4.78, 5) is 16.2. The number of nitrogens with zero attached hydrogens (tertiary/aromatic N) is 2. The first-order chi connectivity index (χ1) is 14.0. The fourth-order valence-electron chi connectivity index (χ4n) is 4.18. The molecule has 1 aliphatic heterocycles. The van der Waals surface area contributed by atoms with E-state index in [2.05, 4.69) is 35.4 Å². The largest absolute Gasteiger partial charge is 0.445 e. The van der Waals surface area contributed by atoms with Gasteiger partial charge in [0, 0.05) is 30.1 Å². The van der Waals surface area contributed by atoms with Gasteiger partial charge >= 0.3 is 0 Å². The van der Waals surface area contributed by atoms with Crippen LogP contribution in [0.15, 0.2) is 22.6 Å². The minimum Gasteiger partial charge on any atom is -0.445 e. The van der Waals surface area contributed by atoms with Crippen LogP contribution in [0.3, 0.4) is 0 Å². The maximum absolute atomic E-state index is 12.3. The molecule has 1 saturated heterocycles. The molecular weight excluding hydrogens is 362 g/mol. The fraction of sp³-hybridized carbons (Fsp3) is 0.542. The van der Waals surface area contributed by atoms with Crippen molar-refractivity contribution in [2.75, 3.05) is 39.0 Å². The van der Waals surface area contributed by atoms with Gasteiger partial charge in [-0.15, -0.1) is 0 Å². The Bertz CT molecular complexity index is 938. The Labute approximate surface area is 173 Å². The van der Waals surface area contributed by atoms with Gasteiger partial charge in [0.25, 0.3) is 0 Å². The highest BCUT2D eigenvalue weighted by molar-refractivity contribution is 5.93. The van der Waals surface area contributed by atoms with Gasteiger partial charge in [0.15, 0.2) is 11.3 Å². The quantitative estimate of drug-likeness (QED) is 0.760. The molecule has 1 amide bonds. The number of likely N-dealkylation sites (tertiary alicyclic amines) is 1. The Balaban J connectivity index is 1.48. The number of fused-ring (bicyclic) bond motifs is 1. The van der Waals surface area contributed by atoms with E-state index in [1.165, 1.54) is 23.8 Å². The zero-order chi connectivity index (χ0) is 20.4. The molecule has 154 valence electrons. The first kappa shape index (κ1) is 19.8. The van der Waals surface area contributed by atoms with Crippen LogP contribution in [0.1, 0.15) is 43.9 Å². The van der Waals surface area contributed by atoms with Gasteiger partial charge in [0.05, 0.1) is 12.2 Å².